The van der Waals surface area contributed by atoms with E-state index in [4.69, 9.17) is 14.6 Å². The molecule has 0 aromatic heterocycles. The number of nitrogens with one attached hydrogen (secondary N) is 1. The second-order valence-electron chi connectivity index (χ2n) is 4.31. The van der Waals surface area contributed by atoms with Crippen LogP contribution in [0.4, 0.5) is 0 Å². The van der Waals surface area contributed by atoms with E-state index in [-0.39, 0.29) is 35.6 Å². The van der Waals surface area contributed by atoms with E-state index in [1.807, 2.05) is 13.8 Å². The van der Waals surface area contributed by atoms with E-state index >= 15 is 0 Å². The predicted octanol–water partition coefficient (Wildman–Crippen LogP) is 2.06. The molecule has 2 N–H and O–H groups in total. The topological polar surface area (TPSA) is 84.9 Å². The van der Waals surface area contributed by atoms with Crippen molar-refractivity contribution in [1.29, 1.82) is 0 Å². The summed E-state index contributed by atoms with van der Waals surface area (Å²) in [6, 6.07) is 2.74. The molecule has 0 heterocycles. The number of methoxy groups -OCH3 is 1. The lowest BCUT2D eigenvalue weighted by atomic mass is 10.2. The molecule has 110 valence electrons. The van der Waals surface area contributed by atoms with Crippen LogP contribution in [0.2, 0.25) is 0 Å². The lowest BCUT2D eigenvalue weighted by Gasteiger charge is -2.14. The fourth-order valence-electron chi connectivity index (χ4n) is 1.48. The molecule has 0 spiro atoms. The first kappa shape index (κ1) is 16.3. The zero-order valence-corrected chi connectivity index (χ0v) is 13.0. The van der Waals surface area contributed by atoms with Gasteiger partial charge in [-0.2, -0.15) is 0 Å². The van der Waals surface area contributed by atoms with Crippen molar-refractivity contribution < 1.29 is 24.2 Å². The van der Waals surface area contributed by atoms with E-state index in [9.17, 15) is 9.59 Å². The van der Waals surface area contributed by atoms with Crippen LogP contribution in [-0.4, -0.2) is 36.7 Å². The van der Waals surface area contributed by atoms with Gasteiger partial charge in [0, 0.05) is 6.04 Å². The molecule has 0 saturated carbocycles. The monoisotopic (exact) mass is 345 g/mol. The number of aromatic carboxylic acids is 1. The summed E-state index contributed by atoms with van der Waals surface area (Å²) >= 11 is 3.21. The van der Waals surface area contributed by atoms with Gasteiger partial charge in [0.1, 0.15) is 0 Å². The summed E-state index contributed by atoms with van der Waals surface area (Å²) in [6.07, 6.45) is 0. The number of carbonyl (C=O) groups is 2. The summed E-state index contributed by atoms with van der Waals surface area (Å²) in [5.41, 5.74) is 0.0627. The van der Waals surface area contributed by atoms with Gasteiger partial charge in [0.2, 0.25) is 0 Å². The summed E-state index contributed by atoms with van der Waals surface area (Å²) in [7, 11) is 1.40. The number of ether oxygens (including phenoxy) is 2. The Morgan fingerprint density at radius 2 is 2.05 bits per heavy atom. The lowest BCUT2D eigenvalue weighted by molar-refractivity contribution is -0.123. The molecule has 0 aliphatic carbocycles. The maximum absolute atomic E-state index is 11.5. The number of rotatable bonds is 6. The van der Waals surface area contributed by atoms with Gasteiger partial charge in [0.05, 0.1) is 17.1 Å². The molecule has 1 aromatic rings. The van der Waals surface area contributed by atoms with Gasteiger partial charge in [-0.05, 0) is 41.9 Å². The van der Waals surface area contributed by atoms with Crippen molar-refractivity contribution in [3.8, 4) is 11.5 Å². The van der Waals surface area contributed by atoms with Crippen molar-refractivity contribution in [1.82, 2.24) is 5.32 Å². The van der Waals surface area contributed by atoms with Crippen molar-refractivity contribution >= 4 is 27.8 Å². The minimum absolute atomic E-state index is 0.0193. The van der Waals surface area contributed by atoms with Gasteiger partial charge in [-0.3, -0.25) is 4.79 Å². The van der Waals surface area contributed by atoms with Gasteiger partial charge < -0.3 is 19.9 Å². The van der Waals surface area contributed by atoms with Gasteiger partial charge in [-0.1, -0.05) is 0 Å². The van der Waals surface area contributed by atoms with Crippen LogP contribution in [0.15, 0.2) is 16.6 Å². The first-order valence-electron chi connectivity index (χ1n) is 5.88. The predicted molar refractivity (Wildman–Crippen MR) is 76.4 cm³/mol. The summed E-state index contributed by atoms with van der Waals surface area (Å²) in [5.74, 6) is -0.810. The highest BCUT2D eigenvalue weighted by Gasteiger charge is 2.16. The Hall–Kier alpha value is -1.76. The number of benzene rings is 1. The molecule has 0 atom stereocenters. The minimum Gasteiger partial charge on any atom is -0.493 e. The highest BCUT2D eigenvalue weighted by atomic mass is 79.9. The number of carboxylic acids is 1. The molecule has 1 aromatic carbocycles. The molecule has 7 heteroatoms. The summed E-state index contributed by atoms with van der Waals surface area (Å²) in [4.78, 5) is 22.5. The molecule has 6 nitrogen and oxygen atoms in total. The van der Waals surface area contributed by atoms with Crippen molar-refractivity contribution in [3.05, 3.63) is 22.2 Å². The fourth-order valence-corrected chi connectivity index (χ4v) is 2.04. The number of hydrogen-bond donors (Lipinski definition) is 2. The van der Waals surface area contributed by atoms with Crippen molar-refractivity contribution in [2.75, 3.05) is 13.7 Å². The van der Waals surface area contributed by atoms with Crippen molar-refractivity contribution in [2.24, 2.45) is 0 Å². The van der Waals surface area contributed by atoms with E-state index in [0.717, 1.165) is 0 Å². The Morgan fingerprint density at radius 3 is 2.55 bits per heavy atom. The van der Waals surface area contributed by atoms with Crippen LogP contribution >= 0.6 is 15.9 Å². The molecular weight excluding hydrogens is 330 g/mol. The third kappa shape index (κ3) is 4.41. The average molecular weight is 346 g/mol. The van der Waals surface area contributed by atoms with Crippen LogP contribution in [0.1, 0.15) is 24.2 Å². The summed E-state index contributed by atoms with van der Waals surface area (Å²) in [6.45, 7) is 3.51. The minimum atomic E-state index is -1.08. The van der Waals surface area contributed by atoms with Crippen LogP contribution in [0.5, 0.6) is 11.5 Å². The molecule has 0 saturated heterocycles. The molecule has 0 fully saturated rings. The molecule has 0 aliphatic heterocycles. The van der Waals surface area contributed by atoms with Crippen LogP contribution in [-0.2, 0) is 4.79 Å². The third-order valence-corrected chi connectivity index (χ3v) is 2.86. The van der Waals surface area contributed by atoms with Crippen LogP contribution in [0, 0.1) is 0 Å². The molecule has 20 heavy (non-hydrogen) atoms. The van der Waals surface area contributed by atoms with Crippen LogP contribution in [0.25, 0.3) is 0 Å². The lowest BCUT2D eigenvalue weighted by Crippen LogP contribution is -2.34. The Kier molecular flexibility index (Phi) is 5.82. The molecule has 1 rings (SSSR count). The average Bonchev–Trinajstić information content (AvgIpc) is 2.35. The van der Waals surface area contributed by atoms with E-state index in [1.54, 1.807) is 0 Å². The van der Waals surface area contributed by atoms with Gasteiger partial charge in [0.25, 0.3) is 5.91 Å². The van der Waals surface area contributed by atoms with Gasteiger partial charge >= 0.3 is 5.97 Å². The van der Waals surface area contributed by atoms with E-state index in [1.165, 1.54) is 19.2 Å². The van der Waals surface area contributed by atoms with Gasteiger partial charge in [0.15, 0.2) is 18.1 Å². The van der Waals surface area contributed by atoms with Gasteiger partial charge in [-0.25, -0.2) is 4.79 Å². The normalized spacial score (nSPS) is 10.2. The second kappa shape index (κ2) is 7.14. The van der Waals surface area contributed by atoms with Crippen LogP contribution < -0.4 is 14.8 Å². The molecule has 0 radical (unpaired) electrons. The number of carboxylic acid groups (broad SMARTS) is 1. The standard InChI is InChI=1S/C13H16BrNO5/c1-7(2)15-11(16)6-20-12-9(14)4-8(13(17)18)5-10(12)19-3/h4-5,7H,6H2,1-3H3,(H,15,16)(H,17,18). The number of halogens is 1. The first-order chi connectivity index (χ1) is 9.35. The Bertz CT molecular complexity index is 516. The van der Waals surface area contributed by atoms with Crippen LogP contribution in [0.3, 0.4) is 0 Å². The maximum atomic E-state index is 11.5. The molecular formula is C13H16BrNO5. The SMILES string of the molecule is COc1cc(C(=O)O)cc(Br)c1OCC(=O)NC(C)C. The zero-order valence-electron chi connectivity index (χ0n) is 11.4. The third-order valence-electron chi connectivity index (χ3n) is 2.27. The van der Waals surface area contributed by atoms with E-state index in [0.29, 0.717) is 4.47 Å². The Morgan fingerprint density at radius 1 is 1.40 bits per heavy atom. The van der Waals surface area contributed by atoms with Crippen molar-refractivity contribution in [3.63, 3.8) is 0 Å². The van der Waals surface area contributed by atoms with Crippen molar-refractivity contribution in [2.45, 2.75) is 19.9 Å². The number of amides is 1. The molecule has 0 bridgehead atoms. The molecule has 0 aliphatic rings. The second-order valence-corrected chi connectivity index (χ2v) is 5.16. The van der Waals surface area contributed by atoms with Gasteiger partial charge in [-0.15, -0.1) is 0 Å². The number of hydrogen-bond acceptors (Lipinski definition) is 4. The Labute approximate surface area is 125 Å². The van der Waals surface area contributed by atoms with E-state index in [2.05, 4.69) is 21.2 Å². The molecule has 0 unspecified atom stereocenters. The highest BCUT2D eigenvalue weighted by molar-refractivity contribution is 9.10. The quantitative estimate of drug-likeness (QED) is 0.824. The number of carbonyl (C=O) groups excluding carboxylic acids is 1. The Balaban J connectivity index is 2.89. The zero-order chi connectivity index (χ0) is 15.3. The highest BCUT2D eigenvalue weighted by Crippen LogP contribution is 2.36. The summed E-state index contributed by atoms with van der Waals surface area (Å²) in [5, 5.41) is 11.6. The maximum Gasteiger partial charge on any atom is 0.335 e. The smallest absolute Gasteiger partial charge is 0.335 e. The fraction of sp³-hybridized carbons (Fsp3) is 0.385. The first-order valence-corrected chi connectivity index (χ1v) is 6.67. The van der Waals surface area contributed by atoms with E-state index < -0.39 is 5.97 Å². The summed E-state index contributed by atoms with van der Waals surface area (Å²) < 4.78 is 10.9. The molecule has 1 amide bonds. The largest absolute Gasteiger partial charge is 0.493 e.